The van der Waals surface area contributed by atoms with E-state index >= 15 is 0 Å². The average molecular weight is 283 g/mol. The van der Waals surface area contributed by atoms with Crippen molar-refractivity contribution in [2.24, 2.45) is 0 Å². The molecule has 0 bridgehead atoms. The number of rotatable bonds is 3. The van der Waals surface area contributed by atoms with Crippen LogP contribution in [0.5, 0.6) is 0 Å². The van der Waals surface area contributed by atoms with Crippen molar-refractivity contribution >= 4 is 11.7 Å². The SMILES string of the molecule is CC(C)(C)c1ccc(-c2cc(CC(=O)O)ccc2N)cc1. The van der Waals surface area contributed by atoms with Crippen molar-refractivity contribution in [2.45, 2.75) is 32.6 Å². The smallest absolute Gasteiger partial charge is 0.307 e. The van der Waals surface area contributed by atoms with Crippen LogP contribution in [0.15, 0.2) is 42.5 Å². The number of carbonyl (C=O) groups is 1. The summed E-state index contributed by atoms with van der Waals surface area (Å²) >= 11 is 0. The molecule has 2 aromatic carbocycles. The molecule has 3 heteroatoms. The highest BCUT2D eigenvalue weighted by atomic mass is 16.4. The van der Waals surface area contributed by atoms with E-state index in [1.807, 2.05) is 18.2 Å². The minimum Gasteiger partial charge on any atom is -0.481 e. The zero-order valence-corrected chi connectivity index (χ0v) is 12.7. The van der Waals surface area contributed by atoms with E-state index in [0.717, 1.165) is 16.7 Å². The third-order valence-electron chi connectivity index (χ3n) is 3.53. The van der Waals surface area contributed by atoms with E-state index in [1.165, 1.54) is 5.56 Å². The first-order chi connectivity index (χ1) is 9.77. The normalized spacial score (nSPS) is 11.4. The van der Waals surface area contributed by atoms with Gasteiger partial charge in [-0.2, -0.15) is 0 Å². The summed E-state index contributed by atoms with van der Waals surface area (Å²) in [4.78, 5) is 10.8. The molecule has 0 atom stereocenters. The van der Waals surface area contributed by atoms with Gasteiger partial charge in [0.1, 0.15) is 0 Å². The fourth-order valence-corrected chi connectivity index (χ4v) is 2.29. The van der Waals surface area contributed by atoms with E-state index < -0.39 is 5.97 Å². The standard InChI is InChI=1S/C18H21NO2/c1-18(2,3)14-7-5-13(6-8-14)15-10-12(11-17(20)21)4-9-16(15)19/h4-10H,11,19H2,1-3H3,(H,20,21). The Morgan fingerprint density at radius 2 is 1.71 bits per heavy atom. The number of nitrogens with two attached hydrogens (primary N) is 1. The van der Waals surface area contributed by atoms with Gasteiger partial charge in [0.05, 0.1) is 6.42 Å². The molecular weight excluding hydrogens is 262 g/mol. The second kappa shape index (κ2) is 5.60. The number of aliphatic carboxylic acids is 1. The van der Waals surface area contributed by atoms with Crippen LogP contribution in [0.3, 0.4) is 0 Å². The van der Waals surface area contributed by atoms with Crippen molar-refractivity contribution in [1.82, 2.24) is 0 Å². The molecule has 0 aliphatic carbocycles. The maximum Gasteiger partial charge on any atom is 0.307 e. The molecule has 0 unspecified atom stereocenters. The van der Waals surface area contributed by atoms with Gasteiger partial charge >= 0.3 is 5.97 Å². The highest BCUT2D eigenvalue weighted by Crippen LogP contribution is 2.30. The predicted octanol–water partition coefficient (Wildman–Crippen LogP) is 3.86. The second-order valence-electron chi connectivity index (χ2n) is 6.32. The molecule has 2 aromatic rings. The number of hydrogen-bond donors (Lipinski definition) is 2. The molecule has 0 aromatic heterocycles. The molecule has 0 heterocycles. The number of carboxylic acids is 1. The number of nitrogen functional groups attached to an aromatic ring is 1. The molecular formula is C18H21NO2. The predicted molar refractivity (Wildman–Crippen MR) is 86.3 cm³/mol. The van der Waals surface area contributed by atoms with Crippen molar-refractivity contribution in [3.63, 3.8) is 0 Å². The largest absolute Gasteiger partial charge is 0.481 e. The summed E-state index contributed by atoms with van der Waals surface area (Å²) in [7, 11) is 0. The van der Waals surface area contributed by atoms with Crippen LogP contribution in [-0.4, -0.2) is 11.1 Å². The number of hydrogen-bond acceptors (Lipinski definition) is 2. The van der Waals surface area contributed by atoms with Crippen molar-refractivity contribution in [2.75, 3.05) is 5.73 Å². The maximum absolute atomic E-state index is 10.8. The third-order valence-corrected chi connectivity index (χ3v) is 3.53. The van der Waals surface area contributed by atoms with Gasteiger partial charge < -0.3 is 10.8 Å². The first-order valence-corrected chi connectivity index (χ1v) is 6.98. The van der Waals surface area contributed by atoms with Gasteiger partial charge in [0.25, 0.3) is 0 Å². The Balaban J connectivity index is 2.39. The summed E-state index contributed by atoms with van der Waals surface area (Å²) in [6.07, 6.45) is 0.00730. The first-order valence-electron chi connectivity index (χ1n) is 6.98. The van der Waals surface area contributed by atoms with Gasteiger partial charge in [-0.05, 0) is 34.2 Å². The zero-order chi connectivity index (χ0) is 15.6. The van der Waals surface area contributed by atoms with Crippen LogP contribution in [0.2, 0.25) is 0 Å². The Morgan fingerprint density at radius 1 is 1.10 bits per heavy atom. The molecule has 110 valence electrons. The Morgan fingerprint density at radius 3 is 2.24 bits per heavy atom. The van der Waals surface area contributed by atoms with Crippen LogP contribution < -0.4 is 5.73 Å². The first kappa shape index (κ1) is 15.1. The Bertz CT molecular complexity index is 652. The average Bonchev–Trinajstić information content (AvgIpc) is 2.39. The molecule has 0 spiro atoms. The lowest BCUT2D eigenvalue weighted by Gasteiger charge is -2.19. The van der Waals surface area contributed by atoms with Crippen molar-refractivity contribution in [3.05, 3.63) is 53.6 Å². The van der Waals surface area contributed by atoms with Gasteiger partial charge in [0, 0.05) is 11.3 Å². The fraction of sp³-hybridized carbons (Fsp3) is 0.278. The number of anilines is 1. The highest BCUT2D eigenvalue weighted by molar-refractivity contribution is 5.79. The fourth-order valence-electron chi connectivity index (χ4n) is 2.29. The summed E-state index contributed by atoms with van der Waals surface area (Å²) in [6.45, 7) is 6.51. The van der Waals surface area contributed by atoms with E-state index in [-0.39, 0.29) is 11.8 Å². The summed E-state index contributed by atoms with van der Waals surface area (Å²) in [6, 6.07) is 13.7. The molecule has 0 saturated heterocycles. The molecule has 0 aliphatic rings. The van der Waals surface area contributed by atoms with Gasteiger partial charge in [0.15, 0.2) is 0 Å². The molecule has 0 fully saturated rings. The molecule has 3 N–H and O–H groups in total. The lowest BCUT2D eigenvalue weighted by molar-refractivity contribution is -0.136. The lowest BCUT2D eigenvalue weighted by Crippen LogP contribution is -2.10. The van der Waals surface area contributed by atoms with Crippen molar-refractivity contribution in [3.8, 4) is 11.1 Å². The minimum atomic E-state index is -0.839. The van der Waals surface area contributed by atoms with Crippen LogP contribution in [0.25, 0.3) is 11.1 Å². The monoisotopic (exact) mass is 283 g/mol. The second-order valence-corrected chi connectivity index (χ2v) is 6.32. The molecule has 0 aliphatic heterocycles. The van der Waals surface area contributed by atoms with E-state index in [4.69, 9.17) is 10.8 Å². The summed E-state index contributed by atoms with van der Waals surface area (Å²) < 4.78 is 0. The Kier molecular flexibility index (Phi) is 4.03. The van der Waals surface area contributed by atoms with Gasteiger partial charge in [0.2, 0.25) is 0 Å². The van der Waals surface area contributed by atoms with E-state index in [0.29, 0.717) is 5.69 Å². The quantitative estimate of drug-likeness (QED) is 0.841. The van der Waals surface area contributed by atoms with Gasteiger partial charge in [-0.25, -0.2) is 0 Å². The Hall–Kier alpha value is -2.29. The lowest BCUT2D eigenvalue weighted by atomic mass is 9.86. The molecule has 0 saturated carbocycles. The van der Waals surface area contributed by atoms with Gasteiger partial charge in [-0.1, -0.05) is 51.1 Å². The van der Waals surface area contributed by atoms with E-state index in [1.54, 1.807) is 12.1 Å². The third kappa shape index (κ3) is 3.63. The van der Waals surface area contributed by atoms with Crippen LogP contribution in [-0.2, 0) is 16.6 Å². The summed E-state index contributed by atoms with van der Waals surface area (Å²) in [5.74, 6) is -0.839. The van der Waals surface area contributed by atoms with Crippen LogP contribution in [0.1, 0.15) is 31.9 Å². The molecule has 0 radical (unpaired) electrons. The zero-order valence-electron chi connectivity index (χ0n) is 12.7. The minimum absolute atomic E-state index is 0.00730. The van der Waals surface area contributed by atoms with E-state index in [2.05, 4.69) is 32.9 Å². The summed E-state index contributed by atoms with van der Waals surface area (Å²) in [5.41, 5.74) is 10.7. The van der Waals surface area contributed by atoms with Crippen molar-refractivity contribution in [1.29, 1.82) is 0 Å². The van der Waals surface area contributed by atoms with Crippen LogP contribution >= 0.6 is 0 Å². The van der Waals surface area contributed by atoms with E-state index in [9.17, 15) is 4.79 Å². The molecule has 2 rings (SSSR count). The maximum atomic E-state index is 10.8. The topological polar surface area (TPSA) is 63.3 Å². The Labute approximate surface area is 125 Å². The van der Waals surface area contributed by atoms with Crippen LogP contribution in [0.4, 0.5) is 5.69 Å². The highest BCUT2D eigenvalue weighted by Gasteiger charge is 2.13. The van der Waals surface area contributed by atoms with Crippen molar-refractivity contribution < 1.29 is 9.90 Å². The van der Waals surface area contributed by atoms with Crippen LogP contribution in [0, 0.1) is 0 Å². The van der Waals surface area contributed by atoms with Gasteiger partial charge in [-0.3, -0.25) is 4.79 Å². The summed E-state index contributed by atoms with van der Waals surface area (Å²) in [5, 5.41) is 8.89. The molecule has 3 nitrogen and oxygen atoms in total. The number of carboxylic acid groups (broad SMARTS) is 1. The number of benzene rings is 2. The molecule has 0 amide bonds. The molecule has 21 heavy (non-hydrogen) atoms. The van der Waals surface area contributed by atoms with Gasteiger partial charge in [-0.15, -0.1) is 0 Å².